The fourth-order valence-corrected chi connectivity index (χ4v) is 5.84. The standard InChI is InChI=1S/C29H28Cl2N4O4S/c1-19-16-22(20(2)34(19)28-17-23(30)10-15-27(28)31)18-32-33-29(36)21(3)35(40(4,37)38)24-11-13-26(14-12-24)39-25-8-6-5-7-9-25/h5-18,21H,1-4H3,(H,33,36)/b32-18-/t21-/m1/s1. The average Bonchev–Trinajstić information content (AvgIpc) is 3.18. The molecule has 0 aliphatic rings. The van der Waals surface area contributed by atoms with Crippen molar-refractivity contribution >= 4 is 51.0 Å². The van der Waals surface area contributed by atoms with Gasteiger partial charge in [0.25, 0.3) is 5.91 Å². The van der Waals surface area contributed by atoms with Gasteiger partial charge in [0.05, 0.1) is 28.9 Å². The Morgan fingerprint density at radius 2 is 1.65 bits per heavy atom. The molecule has 0 fully saturated rings. The molecule has 0 saturated carbocycles. The number of rotatable bonds is 9. The largest absolute Gasteiger partial charge is 0.457 e. The van der Waals surface area contributed by atoms with Crippen LogP contribution in [0.5, 0.6) is 11.5 Å². The van der Waals surface area contributed by atoms with Gasteiger partial charge in [0.15, 0.2) is 0 Å². The Bertz CT molecular complexity index is 1650. The van der Waals surface area contributed by atoms with E-state index >= 15 is 0 Å². The number of nitrogens with zero attached hydrogens (tertiary/aromatic N) is 3. The number of carbonyl (C=O) groups excluding carboxylic acids is 1. The molecule has 0 saturated heterocycles. The molecule has 1 atom stereocenters. The van der Waals surface area contributed by atoms with Crippen LogP contribution < -0.4 is 14.5 Å². The summed E-state index contributed by atoms with van der Waals surface area (Å²) in [6.07, 6.45) is 2.55. The molecule has 0 spiro atoms. The van der Waals surface area contributed by atoms with Gasteiger partial charge >= 0.3 is 0 Å². The summed E-state index contributed by atoms with van der Waals surface area (Å²) in [4.78, 5) is 13.0. The third kappa shape index (κ3) is 6.67. The molecule has 1 N–H and O–H groups in total. The van der Waals surface area contributed by atoms with Crippen molar-refractivity contribution in [2.24, 2.45) is 5.10 Å². The van der Waals surface area contributed by atoms with Crippen molar-refractivity contribution in [3.8, 4) is 17.2 Å². The second-order valence-corrected chi connectivity index (χ2v) is 11.8. The van der Waals surface area contributed by atoms with E-state index in [9.17, 15) is 13.2 Å². The zero-order chi connectivity index (χ0) is 29.0. The number of hydrogen-bond donors (Lipinski definition) is 1. The zero-order valence-corrected chi connectivity index (χ0v) is 24.6. The van der Waals surface area contributed by atoms with Gasteiger partial charge in [-0.1, -0.05) is 41.4 Å². The number of anilines is 1. The van der Waals surface area contributed by atoms with Crippen LogP contribution in [0.1, 0.15) is 23.9 Å². The summed E-state index contributed by atoms with van der Waals surface area (Å²) in [6, 6.07) is 21.7. The molecule has 0 unspecified atom stereocenters. The van der Waals surface area contributed by atoms with Crippen molar-refractivity contribution in [2.75, 3.05) is 10.6 Å². The molecular formula is C29H28Cl2N4O4S. The molecule has 40 heavy (non-hydrogen) atoms. The molecule has 11 heteroatoms. The molecule has 3 aromatic carbocycles. The summed E-state index contributed by atoms with van der Waals surface area (Å²) in [6.45, 7) is 5.31. The summed E-state index contributed by atoms with van der Waals surface area (Å²) in [5, 5.41) is 5.18. The first-order valence-corrected chi connectivity index (χ1v) is 14.9. The normalized spacial score (nSPS) is 12.3. The number of amides is 1. The van der Waals surface area contributed by atoms with E-state index in [1.54, 1.807) is 42.5 Å². The Morgan fingerprint density at radius 3 is 2.30 bits per heavy atom. The zero-order valence-electron chi connectivity index (χ0n) is 22.3. The minimum atomic E-state index is -3.81. The number of aromatic nitrogens is 1. The van der Waals surface area contributed by atoms with E-state index in [-0.39, 0.29) is 0 Å². The first kappa shape index (κ1) is 29.2. The summed E-state index contributed by atoms with van der Waals surface area (Å²) in [7, 11) is -3.81. The molecule has 208 valence electrons. The van der Waals surface area contributed by atoms with Crippen molar-refractivity contribution in [3.63, 3.8) is 0 Å². The molecule has 4 rings (SSSR count). The lowest BCUT2D eigenvalue weighted by Crippen LogP contribution is -2.46. The molecule has 4 aromatic rings. The molecule has 8 nitrogen and oxygen atoms in total. The maximum Gasteiger partial charge on any atom is 0.263 e. The van der Waals surface area contributed by atoms with Gasteiger partial charge in [0.2, 0.25) is 10.0 Å². The average molecular weight is 600 g/mol. The van der Waals surface area contributed by atoms with E-state index in [0.29, 0.717) is 27.2 Å². The van der Waals surface area contributed by atoms with Crippen LogP contribution in [0.4, 0.5) is 5.69 Å². The van der Waals surface area contributed by atoms with E-state index < -0.39 is 22.0 Å². The van der Waals surface area contributed by atoms with Crippen LogP contribution >= 0.6 is 23.2 Å². The highest BCUT2D eigenvalue weighted by Gasteiger charge is 2.29. The number of sulfonamides is 1. The van der Waals surface area contributed by atoms with E-state index in [0.717, 1.165) is 33.2 Å². The van der Waals surface area contributed by atoms with Crippen molar-refractivity contribution in [1.82, 2.24) is 9.99 Å². The Morgan fingerprint density at radius 1 is 1.00 bits per heavy atom. The van der Waals surface area contributed by atoms with Crippen LogP contribution in [-0.4, -0.2) is 37.4 Å². The molecular weight excluding hydrogens is 571 g/mol. The van der Waals surface area contributed by atoms with Gasteiger partial charge in [0.1, 0.15) is 17.5 Å². The van der Waals surface area contributed by atoms with Gasteiger partial charge in [0, 0.05) is 22.0 Å². The fraction of sp³-hybridized carbons (Fsp3) is 0.172. The molecule has 1 heterocycles. The third-order valence-electron chi connectivity index (χ3n) is 6.16. The minimum absolute atomic E-state index is 0.316. The number of ether oxygens (including phenoxy) is 1. The SMILES string of the molecule is Cc1cc(/C=N\NC(=O)[C@@H](C)N(c2ccc(Oc3ccccc3)cc2)S(C)(=O)=O)c(C)n1-c1cc(Cl)ccc1Cl. The molecule has 0 aliphatic heterocycles. The van der Waals surface area contributed by atoms with Crippen molar-refractivity contribution < 1.29 is 17.9 Å². The van der Waals surface area contributed by atoms with Crippen LogP contribution in [0, 0.1) is 13.8 Å². The number of para-hydroxylation sites is 1. The van der Waals surface area contributed by atoms with Crippen LogP contribution in [0.3, 0.4) is 0 Å². The van der Waals surface area contributed by atoms with Crippen LogP contribution in [0.15, 0.2) is 84.0 Å². The maximum atomic E-state index is 13.0. The Kier molecular flexibility index (Phi) is 8.88. The Balaban J connectivity index is 1.49. The van der Waals surface area contributed by atoms with E-state index in [1.165, 1.54) is 13.1 Å². The molecule has 0 radical (unpaired) electrons. The van der Waals surface area contributed by atoms with Gasteiger partial charge in [-0.3, -0.25) is 9.10 Å². The number of benzene rings is 3. The second kappa shape index (κ2) is 12.2. The van der Waals surface area contributed by atoms with Crippen LogP contribution in [-0.2, 0) is 14.8 Å². The third-order valence-corrected chi connectivity index (χ3v) is 7.95. The summed E-state index contributed by atoms with van der Waals surface area (Å²) < 4.78 is 34.1. The van der Waals surface area contributed by atoms with Crippen LogP contribution in [0.25, 0.3) is 5.69 Å². The van der Waals surface area contributed by atoms with Gasteiger partial charge in [-0.05, 0) is 81.4 Å². The lowest BCUT2D eigenvalue weighted by Gasteiger charge is -2.27. The maximum absolute atomic E-state index is 13.0. The predicted octanol–water partition coefficient (Wildman–Crippen LogP) is 6.50. The summed E-state index contributed by atoms with van der Waals surface area (Å²) in [5.74, 6) is 0.581. The monoisotopic (exact) mass is 598 g/mol. The number of carbonyl (C=O) groups is 1. The Hall–Kier alpha value is -3.79. The first-order chi connectivity index (χ1) is 19.0. The van der Waals surface area contributed by atoms with Crippen molar-refractivity contribution in [1.29, 1.82) is 0 Å². The van der Waals surface area contributed by atoms with Gasteiger partial charge in [-0.25, -0.2) is 13.8 Å². The summed E-state index contributed by atoms with van der Waals surface area (Å²) >= 11 is 12.6. The molecule has 0 aliphatic carbocycles. The van der Waals surface area contributed by atoms with Gasteiger partial charge in [-0.15, -0.1) is 0 Å². The minimum Gasteiger partial charge on any atom is -0.457 e. The molecule has 1 aromatic heterocycles. The number of hydrogen-bond acceptors (Lipinski definition) is 5. The van der Waals surface area contributed by atoms with Gasteiger partial charge < -0.3 is 9.30 Å². The lowest BCUT2D eigenvalue weighted by atomic mass is 10.2. The smallest absolute Gasteiger partial charge is 0.263 e. The highest BCUT2D eigenvalue weighted by molar-refractivity contribution is 7.92. The van der Waals surface area contributed by atoms with Crippen molar-refractivity contribution in [2.45, 2.75) is 26.8 Å². The summed E-state index contributed by atoms with van der Waals surface area (Å²) in [5.41, 5.74) is 5.98. The van der Waals surface area contributed by atoms with Crippen LogP contribution in [0.2, 0.25) is 10.0 Å². The molecule has 0 bridgehead atoms. The highest BCUT2D eigenvalue weighted by Crippen LogP contribution is 2.29. The number of hydrazone groups is 1. The Labute approximate surface area is 243 Å². The fourth-order valence-electron chi connectivity index (χ4n) is 4.30. The quantitative estimate of drug-likeness (QED) is 0.176. The highest BCUT2D eigenvalue weighted by atomic mass is 35.5. The number of aryl methyl sites for hydroxylation is 1. The van der Waals surface area contributed by atoms with Crippen molar-refractivity contribution in [3.05, 3.63) is 106 Å². The number of halogens is 2. The topological polar surface area (TPSA) is 93.0 Å². The van der Waals surface area contributed by atoms with E-state index in [1.807, 2.05) is 54.8 Å². The lowest BCUT2D eigenvalue weighted by molar-refractivity contribution is -0.121. The second-order valence-electron chi connectivity index (χ2n) is 9.14. The molecule has 1 amide bonds. The van der Waals surface area contributed by atoms with E-state index in [4.69, 9.17) is 27.9 Å². The van der Waals surface area contributed by atoms with E-state index in [2.05, 4.69) is 10.5 Å². The van der Waals surface area contributed by atoms with Gasteiger partial charge in [-0.2, -0.15) is 5.10 Å². The number of nitrogens with one attached hydrogen (secondary N) is 1. The predicted molar refractivity (Wildman–Crippen MR) is 161 cm³/mol. The first-order valence-electron chi connectivity index (χ1n) is 12.3.